The predicted molar refractivity (Wildman–Crippen MR) is 62.2 cm³/mol. The minimum atomic E-state index is 0.304. The molecular weight excluding hydrogens is 222 g/mol. The van der Waals surface area contributed by atoms with Crippen molar-refractivity contribution in [1.29, 1.82) is 0 Å². The normalized spacial score (nSPS) is 10.0. The number of hydrogen-bond donors (Lipinski definition) is 1. The van der Waals surface area contributed by atoms with E-state index in [4.69, 9.17) is 0 Å². The van der Waals surface area contributed by atoms with E-state index < -0.39 is 0 Å². The van der Waals surface area contributed by atoms with Crippen molar-refractivity contribution in [2.24, 2.45) is 0 Å². The van der Waals surface area contributed by atoms with Gasteiger partial charge in [0.15, 0.2) is 4.64 Å². The first-order valence-electron chi connectivity index (χ1n) is 4.88. The van der Waals surface area contributed by atoms with Gasteiger partial charge >= 0.3 is 0 Å². The Balaban J connectivity index is 2.44. The van der Waals surface area contributed by atoms with Crippen LogP contribution in [0.25, 0.3) is 0 Å². The third-order valence-corrected chi connectivity index (χ3v) is 2.93. The van der Waals surface area contributed by atoms with E-state index in [-0.39, 0.29) is 0 Å². The van der Waals surface area contributed by atoms with Crippen molar-refractivity contribution in [3.8, 4) is 0 Å². The Kier molecular flexibility index (Phi) is 3.22. The lowest BCUT2D eigenvalue weighted by molar-refractivity contribution is 0.179. The summed E-state index contributed by atoms with van der Waals surface area (Å²) < 4.78 is 12.1. The molecule has 1 heterocycles. The maximum Gasteiger partial charge on any atom is 0.175 e. The van der Waals surface area contributed by atoms with E-state index >= 15 is 0 Å². The number of benzene rings is 1. The maximum absolute atomic E-state index is 10.9. The fraction of sp³-hybridized carbons (Fsp3) is 0.0833. The lowest BCUT2D eigenvalue weighted by Gasteiger charge is -2.03. The van der Waals surface area contributed by atoms with Gasteiger partial charge in [0.2, 0.25) is 0 Å². The van der Waals surface area contributed by atoms with Gasteiger partial charge in [-0.25, -0.2) is 4.21 Å². The molecule has 0 amide bonds. The van der Waals surface area contributed by atoms with Gasteiger partial charge in [-0.2, -0.15) is 4.73 Å². The van der Waals surface area contributed by atoms with Crippen molar-refractivity contribution in [1.82, 2.24) is 4.73 Å². The summed E-state index contributed by atoms with van der Waals surface area (Å²) in [6.07, 6.45) is 2.10. The summed E-state index contributed by atoms with van der Waals surface area (Å²) >= 11 is 0.304. The van der Waals surface area contributed by atoms with Gasteiger partial charge in [0.25, 0.3) is 0 Å². The SMILES string of the molecule is O=S=c1c(Cc2ccccc2)cccn1O. The molecule has 1 aromatic heterocycles. The molecule has 0 aliphatic heterocycles. The average Bonchev–Trinajstić information content (AvgIpc) is 2.31. The Bertz CT molecular complexity index is 571. The van der Waals surface area contributed by atoms with Gasteiger partial charge in [0.1, 0.15) is 11.3 Å². The second kappa shape index (κ2) is 4.81. The fourth-order valence-corrected chi connectivity index (χ4v) is 1.95. The Morgan fingerprint density at radius 2 is 1.88 bits per heavy atom. The Labute approximate surface area is 96.6 Å². The zero-order valence-electron chi connectivity index (χ0n) is 8.54. The van der Waals surface area contributed by atoms with E-state index in [0.29, 0.717) is 22.3 Å². The number of hydrogen-bond acceptors (Lipinski definition) is 2. The van der Waals surface area contributed by atoms with Crippen molar-refractivity contribution in [3.05, 3.63) is 64.4 Å². The lowest BCUT2D eigenvalue weighted by atomic mass is 10.1. The molecule has 0 saturated heterocycles. The standard InChI is InChI=1S/C12H11NO2S/c14-13-8-4-7-11(12(13)16-15)9-10-5-2-1-3-6-10/h1-8,14H,9H2. The summed E-state index contributed by atoms with van der Waals surface area (Å²) in [7, 11) is 0. The molecular formula is C12H11NO2S. The van der Waals surface area contributed by atoms with E-state index in [1.807, 2.05) is 36.4 Å². The van der Waals surface area contributed by atoms with Crippen LogP contribution in [0.1, 0.15) is 11.1 Å². The van der Waals surface area contributed by atoms with E-state index in [2.05, 4.69) is 0 Å². The van der Waals surface area contributed by atoms with Crippen molar-refractivity contribution < 1.29 is 9.42 Å². The van der Waals surface area contributed by atoms with Crippen LogP contribution in [0.4, 0.5) is 0 Å². The summed E-state index contributed by atoms with van der Waals surface area (Å²) in [6, 6.07) is 13.4. The van der Waals surface area contributed by atoms with Crippen LogP contribution in [0.3, 0.4) is 0 Å². The second-order valence-corrected chi connectivity index (χ2v) is 3.98. The van der Waals surface area contributed by atoms with E-state index in [1.165, 1.54) is 6.20 Å². The zero-order chi connectivity index (χ0) is 11.4. The van der Waals surface area contributed by atoms with Crippen molar-refractivity contribution in [2.45, 2.75) is 6.42 Å². The molecule has 0 radical (unpaired) electrons. The molecule has 0 bridgehead atoms. The molecule has 1 N–H and O–H groups in total. The van der Waals surface area contributed by atoms with Gasteiger partial charge in [-0.3, -0.25) is 0 Å². The quantitative estimate of drug-likeness (QED) is 0.637. The number of aromatic nitrogens is 1. The summed E-state index contributed by atoms with van der Waals surface area (Å²) in [4.78, 5) is 0. The minimum Gasteiger partial charge on any atom is -0.428 e. The molecule has 0 spiro atoms. The first-order valence-corrected chi connectivity index (χ1v) is 5.62. The molecule has 0 saturated carbocycles. The Hall–Kier alpha value is -1.81. The summed E-state index contributed by atoms with van der Waals surface area (Å²) in [6.45, 7) is 0. The van der Waals surface area contributed by atoms with Crippen LogP contribution >= 0.6 is 0 Å². The third-order valence-electron chi connectivity index (χ3n) is 2.32. The molecule has 0 aliphatic rings. The van der Waals surface area contributed by atoms with Crippen LogP contribution in [0.2, 0.25) is 0 Å². The van der Waals surface area contributed by atoms with Crippen LogP contribution in [-0.4, -0.2) is 14.1 Å². The summed E-state index contributed by atoms with van der Waals surface area (Å²) in [5, 5.41) is 9.47. The van der Waals surface area contributed by atoms with E-state index in [0.717, 1.165) is 15.9 Å². The molecule has 0 atom stereocenters. The van der Waals surface area contributed by atoms with E-state index in [1.54, 1.807) is 6.07 Å². The van der Waals surface area contributed by atoms with Gasteiger partial charge in [0, 0.05) is 12.6 Å². The zero-order valence-corrected chi connectivity index (χ0v) is 9.35. The molecule has 1 aromatic carbocycles. The Morgan fingerprint density at radius 1 is 1.12 bits per heavy atom. The number of nitrogens with zero attached hydrogens (tertiary/aromatic N) is 1. The van der Waals surface area contributed by atoms with Crippen LogP contribution in [-0.2, 0) is 17.7 Å². The van der Waals surface area contributed by atoms with Crippen molar-refractivity contribution in [2.75, 3.05) is 0 Å². The molecule has 2 aromatic rings. The van der Waals surface area contributed by atoms with Crippen LogP contribution in [0, 0.1) is 4.64 Å². The highest BCUT2D eigenvalue weighted by Crippen LogP contribution is 2.09. The highest BCUT2D eigenvalue weighted by molar-refractivity contribution is 7.56. The largest absolute Gasteiger partial charge is 0.428 e. The topological polar surface area (TPSA) is 42.2 Å². The molecule has 0 unspecified atom stereocenters. The van der Waals surface area contributed by atoms with Gasteiger partial charge in [-0.1, -0.05) is 36.4 Å². The summed E-state index contributed by atoms with van der Waals surface area (Å²) in [5.74, 6) is 0. The molecule has 2 rings (SSSR count). The monoisotopic (exact) mass is 233 g/mol. The lowest BCUT2D eigenvalue weighted by Crippen LogP contribution is -2.00. The average molecular weight is 233 g/mol. The van der Waals surface area contributed by atoms with Gasteiger partial charge in [-0.05, 0) is 17.2 Å². The molecule has 82 valence electrons. The molecule has 3 nitrogen and oxygen atoms in total. The highest BCUT2D eigenvalue weighted by Gasteiger charge is 2.01. The first kappa shape index (κ1) is 10.7. The molecule has 0 aliphatic carbocycles. The van der Waals surface area contributed by atoms with Crippen LogP contribution in [0.15, 0.2) is 48.7 Å². The third kappa shape index (κ3) is 2.23. The Morgan fingerprint density at radius 3 is 2.56 bits per heavy atom. The number of pyridine rings is 1. The van der Waals surface area contributed by atoms with Crippen molar-refractivity contribution in [3.63, 3.8) is 0 Å². The first-order chi connectivity index (χ1) is 7.81. The van der Waals surface area contributed by atoms with Crippen LogP contribution in [0.5, 0.6) is 0 Å². The van der Waals surface area contributed by atoms with Gasteiger partial charge < -0.3 is 5.21 Å². The van der Waals surface area contributed by atoms with Crippen LogP contribution < -0.4 is 0 Å². The smallest absolute Gasteiger partial charge is 0.175 e. The number of rotatable bonds is 2. The maximum atomic E-state index is 10.9. The minimum absolute atomic E-state index is 0.304. The van der Waals surface area contributed by atoms with Crippen molar-refractivity contribution >= 4 is 11.3 Å². The predicted octanol–water partition coefficient (Wildman–Crippen LogP) is 2.06. The summed E-state index contributed by atoms with van der Waals surface area (Å²) in [5.41, 5.74) is 1.94. The molecule has 16 heavy (non-hydrogen) atoms. The highest BCUT2D eigenvalue weighted by atomic mass is 32.1. The molecule has 0 fully saturated rings. The fourth-order valence-electron chi connectivity index (χ4n) is 1.57. The second-order valence-electron chi connectivity index (χ2n) is 3.43. The molecule has 4 heteroatoms. The van der Waals surface area contributed by atoms with Gasteiger partial charge in [0.05, 0.1) is 0 Å². The van der Waals surface area contributed by atoms with E-state index in [9.17, 15) is 9.42 Å². The van der Waals surface area contributed by atoms with Gasteiger partial charge in [-0.15, -0.1) is 0 Å².